The maximum Gasteiger partial charge on any atom is 0.223 e. The van der Waals surface area contributed by atoms with Crippen molar-refractivity contribution >= 4 is 5.91 Å². The van der Waals surface area contributed by atoms with E-state index in [1.165, 1.54) is 12.8 Å². The third kappa shape index (κ3) is 5.11. The Hall–Kier alpha value is -1.39. The van der Waals surface area contributed by atoms with Gasteiger partial charge in [-0.05, 0) is 44.3 Å². The minimum atomic E-state index is -0.729. The van der Waals surface area contributed by atoms with Crippen LogP contribution >= 0.6 is 0 Å². The highest BCUT2D eigenvalue weighted by atomic mass is 16.3. The van der Waals surface area contributed by atoms with Gasteiger partial charge in [-0.2, -0.15) is 0 Å². The molecule has 1 aromatic carbocycles. The fourth-order valence-electron chi connectivity index (χ4n) is 2.90. The zero-order valence-electron chi connectivity index (χ0n) is 13.7. The number of likely N-dealkylation sites (tertiary alicyclic amines) is 1. The molecule has 2 atom stereocenters. The first-order valence-electron chi connectivity index (χ1n) is 8.30. The highest BCUT2D eigenvalue weighted by molar-refractivity contribution is 5.76. The maximum absolute atomic E-state index is 12.0. The largest absolute Gasteiger partial charge is 0.388 e. The Labute approximate surface area is 133 Å². The number of benzene rings is 1. The predicted molar refractivity (Wildman–Crippen MR) is 88.5 cm³/mol. The van der Waals surface area contributed by atoms with E-state index in [9.17, 15) is 9.90 Å². The molecule has 1 saturated heterocycles. The number of carbonyl (C=O) groups excluding carboxylic acids is 1. The second-order valence-corrected chi connectivity index (χ2v) is 6.50. The molecule has 1 aliphatic rings. The molecule has 0 aliphatic carbocycles. The Kier molecular flexibility index (Phi) is 6.40. The summed E-state index contributed by atoms with van der Waals surface area (Å²) in [7, 11) is 0. The lowest BCUT2D eigenvalue weighted by molar-refractivity contribution is -0.123. The van der Waals surface area contributed by atoms with Gasteiger partial charge in [0.05, 0.1) is 12.5 Å². The highest BCUT2D eigenvalue weighted by Crippen LogP contribution is 2.18. The molecule has 4 heteroatoms. The summed E-state index contributed by atoms with van der Waals surface area (Å²) in [6.07, 6.45) is 1.87. The lowest BCUT2D eigenvalue weighted by Gasteiger charge is -2.35. The summed E-state index contributed by atoms with van der Waals surface area (Å²) in [5.41, 5.74) is 0.788. The van der Waals surface area contributed by atoms with E-state index >= 15 is 0 Å². The number of amides is 1. The van der Waals surface area contributed by atoms with Crippen LogP contribution in [0.2, 0.25) is 0 Å². The second-order valence-electron chi connectivity index (χ2n) is 6.50. The molecular weight excluding hydrogens is 276 g/mol. The molecule has 0 radical (unpaired) electrons. The molecule has 2 rings (SSSR count). The first kappa shape index (κ1) is 17.0. The molecule has 0 bridgehead atoms. The number of carbonyl (C=O) groups is 1. The zero-order valence-corrected chi connectivity index (χ0v) is 13.7. The van der Waals surface area contributed by atoms with Crippen molar-refractivity contribution in [2.75, 3.05) is 19.6 Å². The topological polar surface area (TPSA) is 52.6 Å². The molecular formula is C18H28N2O2. The molecule has 1 aromatic rings. The van der Waals surface area contributed by atoms with Crippen molar-refractivity contribution in [1.29, 1.82) is 0 Å². The normalized spacial score (nSPS) is 19.6. The molecule has 1 heterocycles. The molecule has 0 saturated carbocycles. The van der Waals surface area contributed by atoms with Crippen molar-refractivity contribution in [3.05, 3.63) is 35.9 Å². The van der Waals surface area contributed by atoms with Gasteiger partial charge in [0.15, 0.2) is 0 Å². The molecule has 0 aromatic heterocycles. The third-order valence-corrected chi connectivity index (χ3v) is 4.60. The summed E-state index contributed by atoms with van der Waals surface area (Å²) >= 11 is 0. The molecule has 2 unspecified atom stereocenters. The van der Waals surface area contributed by atoms with Gasteiger partial charge in [-0.1, -0.05) is 37.3 Å². The van der Waals surface area contributed by atoms with Gasteiger partial charge in [-0.3, -0.25) is 9.69 Å². The summed E-state index contributed by atoms with van der Waals surface area (Å²) in [6, 6.07) is 9.68. The molecule has 1 fully saturated rings. The molecule has 1 aliphatic heterocycles. The smallest absolute Gasteiger partial charge is 0.223 e. The average molecular weight is 304 g/mol. The zero-order chi connectivity index (χ0) is 15.9. The van der Waals surface area contributed by atoms with Crippen LogP contribution < -0.4 is 5.32 Å². The molecule has 4 nitrogen and oxygen atoms in total. The van der Waals surface area contributed by atoms with Crippen LogP contribution in [-0.2, 0) is 4.79 Å². The van der Waals surface area contributed by atoms with Crippen molar-refractivity contribution in [3.8, 4) is 0 Å². The van der Waals surface area contributed by atoms with Crippen LogP contribution in [-0.4, -0.2) is 41.6 Å². The van der Waals surface area contributed by atoms with Crippen LogP contribution in [0, 0.1) is 5.92 Å². The monoisotopic (exact) mass is 304 g/mol. The standard InChI is InChI=1S/C18H28N2O2/c1-14-8-10-20(11-9-14)15(2)13-19-18(22)12-17(21)16-6-4-3-5-7-16/h3-7,14-15,17,21H,8-13H2,1-2H3,(H,19,22). The minimum absolute atomic E-state index is 0.0893. The van der Waals surface area contributed by atoms with Gasteiger partial charge in [-0.15, -0.1) is 0 Å². The number of nitrogens with one attached hydrogen (secondary N) is 1. The van der Waals surface area contributed by atoms with Crippen LogP contribution in [0.4, 0.5) is 0 Å². The van der Waals surface area contributed by atoms with Gasteiger partial charge in [0.1, 0.15) is 0 Å². The Bertz CT molecular complexity index is 455. The SMILES string of the molecule is CC1CCN(C(C)CNC(=O)CC(O)c2ccccc2)CC1. The summed E-state index contributed by atoms with van der Waals surface area (Å²) in [6.45, 7) is 7.34. The lowest BCUT2D eigenvalue weighted by Crippen LogP contribution is -2.45. The lowest BCUT2D eigenvalue weighted by atomic mass is 9.98. The van der Waals surface area contributed by atoms with Crippen LogP contribution in [0.25, 0.3) is 0 Å². The van der Waals surface area contributed by atoms with E-state index < -0.39 is 6.10 Å². The number of piperidine rings is 1. The Morgan fingerprint density at radius 3 is 2.59 bits per heavy atom. The third-order valence-electron chi connectivity index (χ3n) is 4.60. The quantitative estimate of drug-likeness (QED) is 0.848. The van der Waals surface area contributed by atoms with Crippen molar-refractivity contribution in [3.63, 3.8) is 0 Å². The average Bonchev–Trinajstić information content (AvgIpc) is 2.54. The van der Waals surface area contributed by atoms with E-state index in [0.29, 0.717) is 12.6 Å². The summed E-state index contributed by atoms with van der Waals surface area (Å²) in [4.78, 5) is 14.4. The number of aliphatic hydroxyl groups is 1. The van der Waals surface area contributed by atoms with Crippen molar-refractivity contribution in [2.24, 2.45) is 5.92 Å². The van der Waals surface area contributed by atoms with Crippen LogP contribution in [0.5, 0.6) is 0 Å². The van der Waals surface area contributed by atoms with Gasteiger partial charge < -0.3 is 10.4 Å². The molecule has 2 N–H and O–H groups in total. The Morgan fingerprint density at radius 1 is 1.32 bits per heavy atom. The van der Waals surface area contributed by atoms with Crippen molar-refractivity contribution < 1.29 is 9.90 Å². The number of aliphatic hydroxyl groups excluding tert-OH is 1. The first-order chi connectivity index (χ1) is 10.6. The second kappa shape index (κ2) is 8.30. The van der Waals surface area contributed by atoms with Crippen LogP contribution in [0.15, 0.2) is 30.3 Å². The van der Waals surface area contributed by atoms with Gasteiger partial charge in [0.25, 0.3) is 0 Å². The van der Waals surface area contributed by atoms with Gasteiger partial charge >= 0.3 is 0 Å². The highest BCUT2D eigenvalue weighted by Gasteiger charge is 2.21. The summed E-state index contributed by atoms with van der Waals surface area (Å²) in [5, 5.41) is 13.0. The molecule has 1 amide bonds. The fourth-order valence-corrected chi connectivity index (χ4v) is 2.90. The van der Waals surface area contributed by atoms with Crippen LogP contribution in [0.3, 0.4) is 0 Å². The number of hydrogen-bond donors (Lipinski definition) is 2. The maximum atomic E-state index is 12.0. The van der Waals surface area contributed by atoms with E-state index in [0.717, 1.165) is 24.6 Å². The Morgan fingerprint density at radius 2 is 1.95 bits per heavy atom. The number of rotatable bonds is 6. The minimum Gasteiger partial charge on any atom is -0.388 e. The molecule has 22 heavy (non-hydrogen) atoms. The van der Waals surface area contributed by atoms with E-state index in [1.807, 2.05) is 30.3 Å². The van der Waals surface area contributed by atoms with E-state index in [2.05, 4.69) is 24.1 Å². The van der Waals surface area contributed by atoms with E-state index in [4.69, 9.17) is 0 Å². The van der Waals surface area contributed by atoms with Gasteiger partial charge in [-0.25, -0.2) is 0 Å². The molecule has 122 valence electrons. The number of nitrogens with zero attached hydrogens (tertiary/aromatic N) is 1. The van der Waals surface area contributed by atoms with Gasteiger partial charge in [0.2, 0.25) is 5.91 Å². The Balaban J connectivity index is 1.71. The fraction of sp³-hybridized carbons (Fsp3) is 0.611. The predicted octanol–water partition coefficient (Wildman–Crippen LogP) is 2.35. The van der Waals surface area contributed by atoms with Crippen molar-refractivity contribution in [1.82, 2.24) is 10.2 Å². The summed E-state index contributed by atoms with van der Waals surface area (Å²) < 4.78 is 0. The van der Waals surface area contributed by atoms with Crippen molar-refractivity contribution in [2.45, 2.75) is 45.3 Å². The van der Waals surface area contributed by atoms with Gasteiger partial charge in [0, 0.05) is 12.6 Å². The van der Waals surface area contributed by atoms with Crippen LogP contribution in [0.1, 0.15) is 44.8 Å². The molecule has 0 spiro atoms. The van der Waals surface area contributed by atoms with E-state index in [1.54, 1.807) is 0 Å². The summed E-state index contributed by atoms with van der Waals surface area (Å²) in [5.74, 6) is 0.729. The van der Waals surface area contributed by atoms with E-state index in [-0.39, 0.29) is 12.3 Å². The first-order valence-corrected chi connectivity index (χ1v) is 8.30. The number of hydrogen-bond acceptors (Lipinski definition) is 3.